The summed E-state index contributed by atoms with van der Waals surface area (Å²) in [6.45, 7) is 0. The lowest BCUT2D eigenvalue weighted by molar-refractivity contribution is 0.0696. The quantitative estimate of drug-likeness (QED) is 0.812. The molecule has 0 atom stereocenters. The second-order valence-corrected chi connectivity index (χ2v) is 4.42. The first-order valence-electron chi connectivity index (χ1n) is 4.16. The van der Waals surface area contributed by atoms with Gasteiger partial charge >= 0.3 is 11.9 Å². The molecule has 0 aliphatic heterocycles. The highest BCUT2D eigenvalue weighted by Gasteiger charge is 2.06. The van der Waals surface area contributed by atoms with Gasteiger partial charge in [-0.2, -0.15) is 0 Å². The largest absolute Gasteiger partial charge is 0.478 e. The van der Waals surface area contributed by atoms with Gasteiger partial charge in [-0.15, -0.1) is 0 Å². The summed E-state index contributed by atoms with van der Waals surface area (Å²) in [5.41, 5.74) is -0.0372. The van der Waals surface area contributed by atoms with Gasteiger partial charge in [-0.05, 0) is 18.2 Å². The van der Waals surface area contributed by atoms with Gasteiger partial charge in [0.1, 0.15) is 0 Å². The maximum absolute atomic E-state index is 10.4. The molecule has 0 saturated heterocycles. The van der Waals surface area contributed by atoms with Crippen molar-refractivity contribution in [1.29, 1.82) is 0 Å². The van der Waals surface area contributed by atoms with Crippen LogP contribution in [0.3, 0.4) is 0 Å². The molecule has 0 saturated carbocycles. The van der Waals surface area contributed by atoms with E-state index in [-0.39, 0.29) is 11.1 Å². The molecule has 0 fully saturated rings. The molecule has 1 rings (SSSR count). The van der Waals surface area contributed by atoms with Gasteiger partial charge in [0, 0.05) is 23.3 Å². The van der Waals surface area contributed by atoms with Crippen molar-refractivity contribution in [1.82, 2.24) is 0 Å². The van der Waals surface area contributed by atoms with Gasteiger partial charge < -0.3 is 10.2 Å². The number of carboxylic acids is 2. The minimum atomic E-state index is -1.13. The molecule has 5 nitrogen and oxygen atoms in total. The Kier molecular flexibility index (Phi) is 6.02. The lowest BCUT2D eigenvalue weighted by Crippen LogP contribution is -2.01. The first-order valence-corrected chi connectivity index (χ1v) is 6.13. The third-order valence-electron chi connectivity index (χ3n) is 1.36. The Bertz CT molecular complexity index is 380. The maximum atomic E-state index is 10.4. The molecule has 1 aromatic carbocycles. The van der Waals surface area contributed by atoms with E-state index >= 15 is 0 Å². The SMILES string of the molecule is CS(C)=O.O=C(O)c1cccc(C(=O)O)c1. The predicted molar refractivity (Wildman–Crippen MR) is 60.4 cm³/mol. The summed E-state index contributed by atoms with van der Waals surface area (Å²) in [6, 6.07) is 5.20. The molecule has 0 bridgehead atoms. The van der Waals surface area contributed by atoms with Crippen LogP contribution in [0.4, 0.5) is 0 Å². The molecule has 6 heteroatoms. The standard InChI is InChI=1S/C8H6O4.C2H6OS/c9-7(10)5-2-1-3-6(4-5)8(11)12;1-4(2)3/h1-4H,(H,9,10)(H,11,12);1-2H3. The van der Waals surface area contributed by atoms with Crippen LogP contribution in [-0.2, 0) is 10.8 Å². The van der Waals surface area contributed by atoms with Crippen molar-refractivity contribution in [2.45, 2.75) is 0 Å². The predicted octanol–water partition coefficient (Wildman–Crippen LogP) is 1.08. The monoisotopic (exact) mass is 244 g/mol. The molecule has 0 unspecified atom stereocenters. The van der Waals surface area contributed by atoms with Crippen molar-refractivity contribution in [3.63, 3.8) is 0 Å². The summed E-state index contributed by atoms with van der Waals surface area (Å²) in [5.74, 6) is -2.25. The second-order valence-electron chi connectivity index (χ2n) is 2.93. The average molecular weight is 244 g/mol. The molecule has 0 amide bonds. The first-order chi connectivity index (χ1) is 7.34. The minimum Gasteiger partial charge on any atom is -0.478 e. The van der Waals surface area contributed by atoms with E-state index < -0.39 is 22.7 Å². The second kappa shape index (κ2) is 6.73. The van der Waals surface area contributed by atoms with Gasteiger partial charge in [0.2, 0.25) is 0 Å². The van der Waals surface area contributed by atoms with Crippen LogP contribution in [0.25, 0.3) is 0 Å². The first kappa shape index (κ1) is 14.3. The Labute approximate surface area is 95.2 Å². The molecule has 0 heterocycles. The molecule has 2 N–H and O–H groups in total. The Balaban J connectivity index is 0.000000487. The van der Waals surface area contributed by atoms with Gasteiger partial charge in [-0.3, -0.25) is 4.21 Å². The molecule has 0 spiro atoms. The van der Waals surface area contributed by atoms with Gasteiger partial charge in [0.15, 0.2) is 0 Å². The molecule has 0 aromatic heterocycles. The van der Waals surface area contributed by atoms with Crippen molar-refractivity contribution in [2.24, 2.45) is 0 Å². The molecular formula is C10H12O5S. The molecule has 1 aromatic rings. The third-order valence-corrected chi connectivity index (χ3v) is 1.36. The third kappa shape index (κ3) is 5.92. The van der Waals surface area contributed by atoms with E-state index in [2.05, 4.69) is 0 Å². The maximum Gasteiger partial charge on any atom is 0.335 e. The molecular weight excluding hydrogens is 232 g/mol. The summed E-state index contributed by atoms with van der Waals surface area (Å²) in [7, 11) is -0.611. The number of hydrogen-bond acceptors (Lipinski definition) is 3. The van der Waals surface area contributed by atoms with Gasteiger partial charge in [-0.25, -0.2) is 9.59 Å². The van der Waals surface area contributed by atoms with E-state index in [4.69, 9.17) is 10.2 Å². The van der Waals surface area contributed by atoms with E-state index in [1.54, 1.807) is 12.5 Å². The topological polar surface area (TPSA) is 91.7 Å². The minimum absolute atomic E-state index is 0.0186. The van der Waals surface area contributed by atoms with E-state index in [1.807, 2.05) is 0 Å². The number of rotatable bonds is 2. The Morgan fingerprint density at radius 1 is 1.06 bits per heavy atom. The Morgan fingerprint density at radius 3 is 1.62 bits per heavy atom. The molecule has 0 aliphatic carbocycles. The lowest BCUT2D eigenvalue weighted by Gasteiger charge is -1.95. The summed E-state index contributed by atoms with van der Waals surface area (Å²) < 4.78 is 9.56. The fraction of sp³-hybridized carbons (Fsp3) is 0.200. The molecule has 16 heavy (non-hydrogen) atoms. The zero-order valence-electron chi connectivity index (χ0n) is 8.84. The fourth-order valence-electron chi connectivity index (χ4n) is 0.785. The van der Waals surface area contributed by atoms with E-state index in [0.717, 1.165) is 6.07 Å². The zero-order chi connectivity index (χ0) is 12.7. The van der Waals surface area contributed by atoms with Crippen molar-refractivity contribution < 1.29 is 24.0 Å². The van der Waals surface area contributed by atoms with E-state index in [1.165, 1.54) is 18.2 Å². The zero-order valence-corrected chi connectivity index (χ0v) is 9.65. The Hall–Kier alpha value is -1.69. The van der Waals surface area contributed by atoms with Crippen molar-refractivity contribution in [3.8, 4) is 0 Å². The number of hydrogen-bond donors (Lipinski definition) is 2. The van der Waals surface area contributed by atoms with Gasteiger partial charge in [-0.1, -0.05) is 6.07 Å². The number of carboxylic acid groups (broad SMARTS) is 2. The highest BCUT2D eigenvalue weighted by molar-refractivity contribution is 7.83. The normalized spacial score (nSPS) is 9.19. The van der Waals surface area contributed by atoms with Crippen LogP contribution in [0.15, 0.2) is 24.3 Å². The smallest absolute Gasteiger partial charge is 0.335 e. The summed E-state index contributed by atoms with van der Waals surface area (Å²) in [5, 5.41) is 17.0. The summed E-state index contributed by atoms with van der Waals surface area (Å²) >= 11 is 0. The number of aromatic carboxylic acids is 2. The molecule has 0 radical (unpaired) electrons. The van der Waals surface area contributed by atoms with Crippen LogP contribution >= 0.6 is 0 Å². The Morgan fingerprint density at radius 2 is 1.38 bits per heavy atom. The number of carbonyl (C=O) groups is 2. The molecule has 88 valence electrons. The van der Waals surface area contributed by atoms with Crippen molar-refractivity contribution in [2.75, 3.05) is 12.5 Å². The average Bonchev–Trinajstić information content (AvgIpc) is 2.17. The summed E-state index contributed by atoms with van der Waals surface area (Å²) in [6.07, 6.45) is 3.28. The number of benzene rings is 1. The van der Waals surface area contributed by atoms with Gasteiger partial charge in [0.25, 0.3) is 0 Å². The van der Waals surface area contributed by atoms with Crippen LogP contribution in [0, 0.1) is 0 Å². The van der Waals surface area contributed by atoms with E-state index in [9.17, 15) is 13.8 Å². The molecule has 0 aliphatic rings. The summed E-state index contributed by atoms with van der Waals surface area (Å²) in [4.78, 5) is 20.8. The van der Waals surface area contributed by atoms with Crippen LogP contribution in [0.5, 0.6) is 0 Å². The highest BCUT2D eigenvalue weighted by Crippen LogP contribution is 2.04. The van der Waals surface area contributed by atoms with Crippen LogP contribution in [-0.4, -0.2) is 38.9 Å². The van der Waals surface area contributed by atoms with Crippen molar-refractivity contribution >= 4 is 22.7 Å². The van der Waals surface area contributed by atoms with Crippen LogP contribution in [0.1, 0.15) is 20.7 Å². The van der Waals surface area contributed by atoms with E-state index in [0.29, 0.717) is 0 Å². The van der Waals surface area contributed by atoms with Crippen molar-refractivity contribution in [3.05, 3.63) is 35.4 Å². The van der Waals surface area contributed by atoms with Crippen LogP contribution in [0.2, 0.25) is 0 Å². The van der Waals surface area contributed by atoms with Gasteiger partial charge in [0.05, 0.1) is 11.1 Å². The highest BCUT2D eigenvalue weighted by atomic mass is 32.2. The fourth-order valence-corrected chi connectivity index (χ4v) is 0.785. The van der Waals surface area contributed by atoms with Crippen LogP contribution < -0.4 is 0 Å². The lowest BCUT2D eigenvalue weighted by atomic mass is 10.1.